The second-order valence-corrected chi connectivity index (χ2v) is 4.28. The van der Waals surface area contributed by atoms with Gasteiger partial charge in [-0.2, -0.15) is 0 Å². The van der Waals surface area contributed by atoms with Gasteiger partial charge in [0.15, 0.2) is 0 Å². The van der Waals surface area contributed by atoms with Crippen LogP contribution in [0.15, 0.2) is 53.2 Å². The second kappa shape index (κ2) is 7.56. The maximum absolute atomic E-state index is 5.53. The Morgan fingerprint density at radius 2 is 2.11 bits per heavy atom. The number of nitrogens with one attached hydrogen (secondary N) is 1. The van der Waals surface area contributed by atoms with Crippen LogP contribution in [0.1, 0.15) is 16.9 Å². The maximum atomic E-state index is 5.53. The smallest absolute Gasteiger partial charge is 0.129 e. The van der Waals surface area contributed by atoms with Gasteiger partial charge in [-0.1, -0.05) is 42.5 Å². The van der Waals surface area contributed by atoms with Gasteiger partial charge >= 0.3 is 0 Å². The van der Waals surface area contributed by atoms with E-state index < -0.39 is 0 Å². The van der Waals surface area contributed by atoms with E-state index in [0.717, 1.165) is 17.9 Å². The Morgan fingerprint density at radius 3 is 2.89 bits per heavy atom. The molecule has 100 valence electrons. The number of hydrogen-bond donors (Lipinski definition) is 1. The van der Waals surface area contributed by atoms with Gasteiger partial charge in [0, 0.05) is 12.1 Å². The summed E-state index contributed by atoms with van der Waals surface area (Å²) in [5.41, 5.74) is 2.32. The minimum atomic E-state index is 0.503. The summed E-state index contributed by atoms with van der Waals surface area (Å²) in [5, 5.41) is 3.08. The van der Waals surface area contributed by atoms with Crippen molar-refractivity contribution in [2.45, 2.75) is 13.2 Å². The average molecular weight is 257 g/mol. The monoisotopic (exact) mass is 257 g/mol. The predicted molar refractivity (Wildman–Crippen MR) is 76.6 cm³/mol. The van der Waals surface area contributed by atoms with Crippen molar-refractivity contribution in [3.63, 3.8) is 0 Å². The van der Waals surface area contributed by atoms with Crippen LogP contribution in [0.4, 0.5) is 0 Å². The van der Waals surface area contributed by atoms with Gasteiger partial charge in [-0.3, -0.25) is 0 Å². The Kier molecular flexibility index (Phi) is 5.41. The molecule has 0 fully saturated rings. The van der Waals surface area contributed by atoms with E-state index in [9.17, 15) is 0 Å². The molecule has 0 unspecified atom stereocenters. The molecule has 0 aliphatic heterocycles. The van der Waals surface area contributed by atoms with E-state index in [1.807, 2.05) is 37.4 Å². The molecule has 3 nitrogen and oxygen atoms in total. The zero-order valence-electron chi connectivity index (χ0n) is 11.1. The van der Waals surface area contributed by atoms with Crippen LogP contribution in [-0.4, -0.2) is 13.7 Å². The normalized spacial score (nSPS) is 11.2. The van der Waals surface area contributed by atoms with Crippen LogP contribution in [-0.2, 0) is 17.9 Å². The zero-order valence-corrected chi connectivity index (χ0v) is 11.1. The van der Waals surface area contributed by atoms with E-state index in [2.05, 4.69) is 23.5 Å². The van der Waals surface area contributed by atoms with Gasteiger partial charge in [0.1, 0.15) is 12.4 Å². The Hall–Kier alpha value is -1.84. The fourth-order valence-electron chi connectivity index (χ4n) is 1.77. The molecule has 0 aliphatic carbocycles. The molecule has 3 heteroatoms. The molecule has 0 spiro atoms. The largest absolute Gasteiger partial charge is 0.467 e. The van der Waals surface area contributed by atoms with Crippen molar-refractivity contribution < 1.29 is 9.15 Å². The minimum Gasteiger partial charge on any atom is -0.467 e. The number of hydrogen-bond acceptors (Lipinski definition) is 3. The summed E-state index contributed by atoms with van der Waals surface area (Å²) in [6, 6.07) is 12.2. The van der Waals surface area contributed by atoms with Gasteiger partial charge < -0.3 is 14.5 Å². The first-order valence-electron chi connectivity index (χ1n) is 6.38. The quantitative estimate of drug-likeness (QED) is 0.773. The first-order valence-corrected chi connectivity index (χ1v) is 6.38. The van der Waals surface area contributed by atoms with E-state index in [4.69, 9.17) is 9.15 Å². The summed E-state index contributed by atoms with van der Waals surface area (Å²) in [4.78, 5) is 0. The third kappa shape index (κ3) is 4.73. The molecule has 19 heavy (non-hydrogen) atoms. The topological polar surface area (TPSA) is 34.4 Å². The molecule has 1 aromatic heterocycles. The Bertz CT molecular complexity index is 502. The highest BCUT2D eigenvalue weighted by Crippen LogP contribution is 2.09. The van der Waals surface area contributed by atoms with Crippen molar-refractivity contribution >= 4 is 6.08 Å². The van der Waals surface area contributed by atoms with Crippen LogP contribution >= 0.6 is 0 Å². The van der Waals surface area contributed by atoms with Gasteiger partial charge in [0.25, 0.3) is 0 Å². The lowest BCUT2D eigenvalue weighted by Crippen LogP contribution is -2.03. The van der Waals surface area contributed by atoms with Crippen molar-refractivity contribution in [1.82, 2.24) is 5.32 Å². The maximum Gasteiger partial charge on any atom is 0.129 e. The molecular weight excluding hydrogens is 238 g/mol. The summed E-state index contributed by atoms with van der Waals surface area (Å²) in [6.07, 6.45) is 5.82. The van der Waals surface area contributed by atoms with Gasteiger partial charge in [0.2, 0.25) is 0 Å². The van der Waals surface area contributed by atoms with E-state index in [0.29, 0.717) is 13.2 Å². The van der Waals surface area contributed by atoms with Crippen LogP contribution in [0.5, 0.6) is 0 Å². The molecule has 2 rings (SSSR count). The molecule has 0 amide bonds. The fourth-order valence-corrected chi connectivity index (χ4v) is 1.77. The fraction of sp³-hybridized carbons (Fsp3) is 0.250. The Balaban J connectivity index is 1.70. The standard InChI is InChI=1S/C16H19NO2/c1-17-11-15-10-16(19-12-15)13-18-9-5-8-14-6-3-2-4-7-14/h2-8,10,12,17H,9,11,13H2,1H3. The third-order valence-corrected chi connectivity index (χ3v) is 2.66. The second-order valence-electron chi connectivity index (χ2n) is 4.28. The summed E-state index contributed by atoms with van der Waals surface area (Å²) in [5.74, 6) is 0.860. The molecule has 0 saturated carbocycles. The molecule has 1 heterocycles. The van der Waals surface area contributed by atoms with Gasteiger partial charge in [-0.05, 0) is 18.7 Å². The first-order chi connectivity index (χ1) is 9.38. The predicted octanol–water partition coefficient (Wildman–Crippen LogP) is 3.23. The molecule has 0 aliphatic rings. The van der Waals surface area contributed by atoms with Crippen LogP contribution < -0.4 is 5.32 Å². The van der Waals surface area contributed by atoms with Crippen molar-refractivity contribution in [3.8, 4) is 0 Å². The molecule has 0 bridgehead atoms. The molecule has 0 atom stereocenters. The lowest BCUT2D eigenvalue weighted by Gasteiger charge is -1.97. The zero-order chi connectivity index (χ0) is 13.3. The van der Waals surface area contributed by atoms with E-state index in [-0.39, 0.29) is 0 Å². The molecule has 2 aromatic rings. The summed E-state index contributed by atoms with van der Waals surface area (Å²) >= 11 is 0. The number of rotatable bonds is 7. The van der Waals surface area contributed by atoms with E-state index in [1.54, 1.807) is 6.26 Å². The summed E-state index contributed by atoms with van der Waals surface area (Å²) in [7, 11) is 1.91. The number of furan rings is 1. The highest BCUT2D eigenvalue weighted by Gasteiger charge is 2.00. The third-order valence-electron chi connectivity index (χ3n) is 2.66. The van der Waals surface area contributed by atoms with Crippen molar-refractivity contribution in [3.05, 3.63) is 65.6 Å². The number of ether oxygens (including phenoxy) is 1. The van der Waals surface area contributed by atoms with E-state index in [1.165, 1.54) is 5.56 Å². The molecule has 0 radical (unpaired) electrons. The highest BCUT2D eigenvalue weighted by atomic mass is 16.5. The van der Waals surface area contributed by atoms with Gasteiger partial charge in [-0.15, -0.1) is 0 Å². The van der Waals surface area contributed by atoms with Gasteiger partial charge in [-0.25, -0.2) is 0 Å². The SMILES string of the molecule is CNCc1coc(COCC=Cc2ccccc2)c1. The molecule has 1 N–H and O–H groups in total. The molecule has 1 aromatic carbocycles. The van der Waals surface area contributed by atoms with Crippen molar-refractivity contribution in [2.75, 3.05) is 13.7 Å². The first kappa shape index (κ1) is 13.6. The lowest BCUT2D eigenvalue weighted by molar-refractivity contribution is 0.132. The van der Waals surface area contributed by atoms with Crippen molar-refractivity contribution in [2.24, 2.45) is 0 Å². The lowest BCUT2D eigenvalue weighted by atomic mass is 10.2. The van der Waals surface area contributed by atoms with Crippen LogP contribution in [0.3, 0.4) is 0 Å². The van der Waals surface area contributed by atoms with Crippen LogP contribution in [0, 0.1) is 0 Å². The average Bonchev–Trinajstić information content (AvgIpc) is 2.88. The molecule has 0 saturated heterocycles. The minimum absolute atomic E-state index is 0.503. The van der Waals surface area contributed by atoms with Gasteiger partial charge in [0.05, 0.1) is 12.9 Å². The van der Waals surface area contributed by atoms with Crippen molar-refractivity contribution in [1.29, 1.82) is 0 Å². The highest BCUT2D eigenvalue weighted by molar-refractivity contribution is 5.48. The molecular formula is C16H19NO2. The van der Waals surface area contributed by atoms with Crippen LogP contribution in [0.2, 0.25) is 0 Å². The summed E-state index contributed by atoms with van der Waals surface area (Å²) < 4.78 is 10.9. The Morgan fingerprint density at radius 1 is 1.26 bits per heavy atom. The Labute approximate surface area is 113 Å². The number of benzene rings is 1. The van der Waals surface area contributed by atoms with Crippen LogP contribution in [0.25, 0.3) is 6.08 Å². The summed E-state index contributed by atoms with van der Waals surface area (Å²) in [6.45, 7) is 1.90. The van der Waals surface area contributed by atoms with E-state index >= 15 is 0 Å².